The first kappa shape index (κ1) is 32.9. The summed E-state index contributed by atoms with van der Waals surface area (Å²) in [6, 6.07) is 16.3. The first-order valence-corrected chi connectivity index (χ1v) is 15.9. The molecule has 2 aromatic carbocycles. The van der Waals surface area contributed by atoms with Gasteiger partial charge in [0.15, 0.2) is 0 Å². The van der Waals surface area contributed by atoms with Crippen LogP contribution in [-0.4, -0.2) is 39.0 Å². The summed E-state index contributed by atoms with van der Waals surface area (Å²) in [5.74, 6) is 1.18. The highest BCUT2D eigenvalue weighted by atomic mass is 16.5. The average molecular weight is 599 g/mol. The zero-order valence-corrected chi connectivity index (χ0v) is 27.1. The number of ether oxygens (including phenoxy) is 2. The second-order valence-corrected chi connectivity index (χ2v) is 12.0. The Morgan fingerprint density at radius 2 is 1.11 bits per heavy atom. The first-order valence-electron chi connectivity index (χ1n) is 15.9. The lowest BCUT2D eigenvalue weighted by molar-refractivity contribution is -0.141. The molecule has 0 radical (unpaired) electrons. The number of carbonyl (C=O) groups is 2. The van der Waals surface area contributed by atoms with Gasteiger partial charge in [-0.25, -0.2) is 0 Å². The van der Waals surface area contributed by atoms with Gasteiger partial charge in [-0.1, -0.05) is 26.0 Å². The minimum absolute atomic E-state index is 0.0163. The van der Waals surface area contributed by atoms with Crippen LogP contribution in [0.3, 0.4) is 0 Å². The van der Waals surface area contributed by atoms with Crippen molar-refractivity contribution in [2.75, 3.05) is 0 Å². The van der Waals surface area contributed by atoms with E-state index in [4.69, 9.17) is 14.6 Å². The summed E-state index contributed by atoms with van der Waals surface area (Å²) in [5.41, 5.74) is 6.14. The standard InChI is InChI=1S/C18H21NO2.C17H19NO3.C2H6/c1-11-4-7-16-17(8-11)19-12(2)9-18(16)21-15-6-5-14(10-15)13(3)20;1-10-3-6-14-15(7-10)18-11(2)8-16(14)21-13-5-4-12(9-13)17(19)20;1-2/h4,7-9,14-15H,5-6,10H2,1-3H3;3,6-8,12-13H,4-5,9H2,1-2H3,(H,19,20);1-2H3/t14-,15-;12-,13-;/m00./s1. The Morgan fingerprint density at radius 3 is 1.50 bits per heavy atom. The number of benzene rings is 2. The number of hydrogen-bond acceptors (Lipinski definition) is 6. The number of fused-ring (bicyclic) bond motifs is 2. The minimum atomic E-state index is -0.715. The van der Waals surface area contributed by atoms with Crippen molar-refractivity contribution in [2.45, 2.75) is 99.2 Å². The van der Waals surface area contributed by atoms with Crippen LogP contribution in [0.1, 0.15) is 81.8 Å². The molecule has 0 amide bonds. The number of pyridine rings is 2. The predicted molar refractivity (Wildman–Crippen MR) is 176 cm³/mol. The van der Waals surface area contributed by atoms with E-state index in [1.54, 1.807) is 6.92 Å². The molecule has 0 spiro atoms. The van der Waals surface area contributed by atoms with Crippen molar-refractivity contribution in [3.63, 3.8) is 0 Å². The van der Waals surface area contributed by atoms with Gasteiger partial charge in [-0.2, -0.15) is 0 Å². The molecule has 6 rings (SSSR count). The topological polar surface area (TPSA) is 98.6 Å². The van der Waals surface area contributed by atoms with Crippen molar-refractivity contribution in [1.82, 2.24) is 9.97 Å². The molecule has 2 aliphatic carbocycles. The maximum atomic E-state index is 11.5. The van der Waals surface area contributed by atoms with Gasteiger partial charge < -0.3 is 14.6 Å². The Kier molecular flexibility index (Phi) is 11.0. The highest BCUT2D eigenvalue weighted by Crippen LogP contribution is 2.34. The first-order chi connectivity index (χ1) is 21.0. The van der Waals surface area contributed by atoms with Crippen molar-refractivity contribution < 1.29 is 24.2 Å². The minimum Gasteiger partial charge on any atom is -0.490 e. The van der Waals surface area contributed by atoms with E-state index in [0.29, 0.717) is 12.8 Å². The Labute approximate surface area is 261 Å². The molecular formula is C37H46N2O5. The number of hydrogen-bond donors (Lipinski definition) is 1. The molecular weight excluding hydrogens is 552 g/mol. The van der Waals surface area contributed by atoms with Crippen LogP contribution in [0.5, 0.6) is 11.5 Å². The van der Waals surface area contributed by atoms with Gasteiger partial charge in [0.1, 0.15) is 17.3 Å². The van der Waals surface area contributed by atoms with Crippen LogP contribution in [0.4, 0.5) is 0 Å². The number of carboxylic acid groups (broad SMARTS) is 1. The fraction of sp³-hybridized carbons (Fsp3) is 0.459. The van der Waals surface area contributed by atoms with E-state index in [1.165, 1.54) is 11.1 Å². The molecule has 234 valence electrons. The van der Waals surface area contributed by atoms with Gasteiger partial charge in [-0.3, -0.25) is 19.6 Å². The number of aryl methyl sites for hydroxylation is 4. The van der Waals surface area contributed by atoms with Gasteiger partial charge >= 0.3 is 5.97 Å². The largest absolute Gasteiger partial charge is 0.490 e. The normalized spacial score (nSPS) is 20.8. The average Bonchev–Trinajstić information content (AvgIpc) is 3.64. The molecule has 0 saturated heterocycles. The molecule has 2 aliphatic rings. The van der Waals surface area contributed by atoms with Crippen LogP contribution < -0.4 is 9.47 Å². The summed E-state index contributed by atoms with van der Waals surface area (Å²) in [6.07, 6.45) is 4.95. The number of aromatic nitrogens is 2. The zero-order chi connectivity index (χ0) is 32.0. The second-order valence-electron chi connectivity index (χ2n) is 12.0. The van der Waals surface area contributed by atoms with Gasteiger partial charge in [-0.05, 0) is 109 Å². The fourth-order valence-electron chi connectivity index (χ4n) is 6.11. The molecule has 4 atom stereocenters. The van der Waals surface area contributed by atoms with E-state index < -0.39 is 5.97 Å². The van der Waals surface area contributed by atoms with E-state index in [2.05, 4.69) is 35.1 Å². The maximum Gasteiger partial charge on any atom is 0.306 e. The van der Waals surface area contributed by atoms with Crippen molar-refractivity contribution in [3.8, 4) is 11.5 Å². The quantitative estimate of drug-likeness (QED) is 0.238. The molecule has 7 heteroatoms. The molecule has 44 heavy (non-hydrogen) atoms. The number of carbonyl (C=O) groups excluding carboxylic acids is 1. The SMILES string of the molecule is CC.CC(=O)[C@H]1CC[C@H](Oc2cc(C)nc3cc(C)ccc23)C1.Cc1ccc2c(O[C@H]3CC[C@H](C(=O)O)C3)cc(C)nc2c1. The molecule has 1 N–H and O–H groups in total. The van der Waals surface area contributed by atoms with Gasteiger partial charge in [0.2, 0.25) is 0 Å². The van der Waals surface area contributed by atoms with E-state index in [1.807, 2.05) is 65.0 Å². The lowest BCUT2D eigenvalue weighted by Gasteiger charge is -2.16. The molecule has 0 bridgehead atoms. The van der Waals surface area contributed by atoms with E-state index >= 15 is 0 Å². The van der Waals surface area contributed by atoms with Crippen LogP contribution in [0, 0.1) is 39.5 Å². The monoisotopic (exact) mass is 598 g/mol. The van der Waals surface area contributed by atoms with Gasteiger partial charge in [-0.15, -0.1) is 0 Å². The summed E-state index contributed by atoms with van der Waals surface area (Å²) in [7, 11) is 0. The van der Waals surface area contributed by atoms with Crippen LogP contribution in [0.15, 0.2) is 48.5 Å². The zero-order valence-electron chi connectivity index (χ0n) is 27.1. The third-order valence-electron chi connectivity index (χ3n) is 8.39. The Balaban J connectivity index is 0.000000190. The number of rotatable bonds is 6. The molecule has 2 heterocycles. The van der Waals surface area contributed by atoms with E-state index in [9.17, 15) is 9.59 Å². The highest BCUT2D eigenvalue weighted by molar-refractivity contribution is 5.86. The third kappa shape index (κ3) is 8.13. The van der Waals surface area contributed by atoms with Crippen molar-refractivity contribution in [2.24, 2.45) is 11.8 Å². The Morgan fingerprint density at radius 1 is 0.682 bits per heavy atom. The lowest BCUT2D eigenvalue weighted by atomic mass is 10.0. The van der Waals surface area contributed by atoms with E-state index in [-0.39, 0.29) is 29.8 Å². The maximum absolute atomic E-state index is 11.5. The molecule has 0 unspecified atom stereocenters. The van der Waals surface area contributed by atoms with E-state index in [0.717, 1.165) is 70.4 Å². The lowest BCUT2D eigenvalue weighted by Crippen LogP contribution is -2.15. The summed E-state index contributed by atoms with van der Waals surface area (Å²) in [4.78, 5) is 31.6. The summed E-state index contributed by atoms with van der Waals surface area (Å²) in [6.45, 7) is 13.7. The van der Waals surface area contributed by atoms with Crippen LogP contribution >= 0.6 is 0 Å². The molecule has 2 saturated carbocycles. The summed E-state index contributed by atoms with van der Waals surface area (Å²) in [5, 5.41) is 11.1. The predicted octanol–water partition coefficient (Wildman–Crippen LogP) is 8.50. The second kappa shape index (κ2) is 14.7. The fourth-order valence-corrected chi connectivity index (χ4v) is 6.11. The number of nitrogens with zero attached hydrogens (tertiary/aromatic N) is 2. The van der Waals surface area contributed by atoms with Gasteiger partial charge in [0.05, 0.1) is 29.2 Å². The smallest absolute Gasteiger partial charge is 0.306 e. The van der Waals surface area contributed by atoms with Crippen LogP contribution in [0.2, 0.25) is 0 Å². The summed E-state index contributed by atoms with van der Waals surface area (Å²) >= 11 is 0. The molecule has 4 aromatic rings. The van der Waals surface area contributed by atoms with Crippen molar-refractivity contribution in [3.05, 3.63) is 71.0 Å². The van der Waals surface area contributed by atoms with Gasteiger partial charge in [0.25, 0.3) is 0 Å². The number of Topliss-reactive ketones (excluding diaryl/α,β-unsaturated/α-hetero) is 1. The van der Waals surface area contributed by atoms with Crippen molar-refractivity contribution >= 4 is 33.6 Å². The van der Waals surface area contributed by atoms with Gasteiger partial charge in [0, 0.05) is 40.2 Å². The van der Waals surface area contributed by atoms with Crippen molar-refractivity contribution in [1.29, 1.82) is 0 Å². The Hall–Kier alpha value is -4.00. The summed E-state index contributed by atoms with van der Waals surface area (Å²) < 4.78 is 12.3. The van der Waals surface area contributed by atoms with Crippen LogP contribution in [0.25, 0.3) is 21.8 Å². The highest BCUT2D eigenvalue weighted by Gasteiger charge is 2.31. The molecule has 0 aliphatic heterocycles. The number of aliphatic carboxylic acids is 1. The van der Waals surface area contributed by atoms with Crippen LogP contribution in [-0.2, 0) is 9.59 Å². The molecule has 2 fully saturated rings. The molecule has 2 aromatic heterocycles. The third-order valence-corrected chi connectivity index (χ3v) is 8.39. The number of carboxylic acids is 1. The Bertz CT molecular complexity index is 1500. The molecule has 7 nitrogen and oxygen atoms in total. The number of ketones is 1.